The smallest absolute Gasteiger partial charge is 0.225 e. The highest BCUT2D eigenvalue weighted by Gasteiger charge is 2.18. The Morgan fingerprint density at radius 1 is 1.30 bits per heavy atom. The van der Waals surface area contributed by atoms with Gasteiger partial charge >= 0.3 is 0 Å². The van der Waals surface area contributed by atoms with E-state index in [1.165, 1.54) is 0 Å². The summed E-state index contributed by atoms with van der Waals surface area (Å²) in [5.41, 5.74) is 7.07. The summed E-state index contributed by atoms with van der Waals surface area (Å²) in [6.07, 6.45) is 2.54. The van der Waals surface area contributed by atoms with Crippen LogP contribution < -0.4 is 11.1 Å². The van der Waals surface area contributed by atoms with Crippen LogP contribution in [0, 0.1) is 5.92 Å². The quantitative estimate of drug-likeness (QED) is 0.709. The third kappa shape index (κ3) is 4.51. The van der Waals surface area contributed by atoms with Gasteiger partial charge in [0.1, 0.15) is 0 Å². The molecule has 0 radical (unpaired) electrons. The third-order valence-electron chi connectivity index (χ3n) is 3.81. The number of nitrogens with zero attached hydrogens (tertiary/aromatic N) is 1. The molecule has 0 aliphatic carbocycles. The number of hydrogen-bond acceptors (Lipinski definition) is 4. The number of amides is 1. The molecule has 1 aliphatic rings. The molecule has 1 fully saturated rings. The summed E-state index contributed by atoms with van der Waals surface area (Å²) >= 11 is 0. The zero-order valence-corrected chi connectivity index (χ0v) is 11.7. The van der Waals surface area contributed by atoms with Crippen molar-refractivity contribution in [1.29, 1.82) is 0 Å². The number of aliphatic hydroxyl groups is 1. The number of nitrogens with two attached hydrogens (primary N) is 1. The van der Waals surface area contributed by atoms with E-state index in [9.17, 15) is 4.79 Å². The number of carbonyl (C=O) groups excluding carboxylic acids is 1. The average Bonchev–Trinajstić information content (AvgIpc) is 2.48. The summed E-state index contributed by atoms with van der Waals surface area (Å²) in [5, 5.41) is 12.0. The minimum Gasteiger partial charge on any atom is -0.399 e. The van der Waals surface area contributed by atoms with E-state index in [4.69, 9.17) is 10.8 Å². The van der Waals surface area contributed by atoms with E-state index in [2.05, 4.69) is 10.2 Å². The number of aliphatic hydroxyl groups excluding tert-OH is 1. The molecule has 0 unspecified atom stereocenters. The number of nitrogens with one attached hydrogen (secondary N) is 1. The predicted octanol–water partition coefficient (Wildman–Crippen LogP) is 1.30. The molecule has 1 aliphatic heterocycles. The molecule has 1 aromatic rings. The highest BCUT2D eigenvalue weighted by Crippen LogP contribution is 2.16. The highest BCUT2D eigenvalue weighted by molar-refractivity contribution is 5.90. The fraction of sp³-hybridized carbons (Fsp3) is 0.533. The van der Waals surface area contributed by atoms with Crippen LogP contribution in [0.4, 0.5) is 11.4 Å². The van der Waals surface area contributed by atoms with Crippen molar-refractivity contribution >= 4 is 17.3 Å². The topological polar surface area (TPSA) is 78.6 Å². The van der Waals surface area contributed by atoms with Gasteiger partial charge in [0.25, 0.3) is 0 Å². The average molecular weight is 277 g/mol. The Hall–Kier alpha value is -1.59. The molecule has 1 amide bonds. The van der Waals surface area contributed by atoms with Crippen LogP contribution in [0.25, 0.3) is 0 Å². The minimum absolute atomic E-state index is 0.0269. The predicted molar refractivity (Wildman–Crippen MR) is 80.4 cm³/mol. The van der Waals surface area contributed by atoms with Crippen LogP contribution in [0.1, 0.15) is 19.3 Å². The van der Waals surface area contributed by atoms with E-state index in [0.29, 0.717) is 18.0 Å². The van der Waals surface area contributed by atoms with Crippen molar-refractivity contribution in [1.82, 2.24) is 4.90 Å². The van der Waals surface area contributed by atoms with Crippen LogP contribution >= 0.6 is 0 Å². The van der Waals surface area contributed by atoms with Gasteiger partial charge in [-0.2, -0.15) is 0 Å². The number of benzene rings is 1. The molecule has 1 aromatic carbocycles. The summed E-state index contributed by atoms with van der Waals surface area (Å²) in [6, 6.07) is 7.16. The first-order chi connectivity index (χ1) is 9.67. The van der Waals surface area contributed by atoms with Gasteiger partial charge in [-0.1, -0.05) is 0 Å². The number of anilines is 2. The maximum absolute atomic E-state index is 11.9. The molecule has 4 N–H and O–H groups in total. The Kier molecular flexibility index (Phi) is 5.38. The third-order valence-corrected chi connectivity index (χ3v) is 3.81. The van der Waals surface area contributed by atoms with E-state index >= 15 is 0 Å². The second-order valence-corrected chi connectivity index (χ2v) is 5.39. The number of rotatable bonds is 5. The molecule has 5 heteroatoms. The summed E-state index contributed by atoms with van der Waals surface area (Å²) in [4.78, 5) is 14.1. The molecular weight excluding hydrogens is 254 g/mol. The number of hydrogen-bond donors (Lipinski definition) is 3. The lowest BCUT2D eigenvalue weighted by molar-refractivity contribution is -0.116. The lowest BCUT2D eigenvalue weighted by Crippen LogP contribution is -2.36. The Bertz CT molecular complexity index is 425. The van der Waals surface area contributed by atoms with Crippen LogP contribution in [0.3, 0.4) is 0 Å². The zero-order chi connectivity index (χ0) is 14.4. The monoisotopic (exact) mass is 277 g/mol. The maximum atomic E-state index is 11.9. The molecular formula is C15H23N3O2. The van der Waals surface area contributed by atoms with Crippen molar-refractivity contribution in [2.75, 3.05) is 37.3 Å². The molecule has 2 rings (SSSR count). The van der Waals surface area contributed by atoms with Gasteiger partial charge in [-0.3, -0.25) is 4.79 Å². The molecule has 5 nitrogen and oxygen atoms in total. The van der Waals surface area contributed by atoms with Crippen molar-refractivity contribution < 1.29 is 9.90 Å². The lowest BCUT2D eigenvalue weighted by atomic mass is 9.98. The van der Waals surface area contributed by atoms with Crippen molar-refractivity contribution in [3.05, 3.63) is 24.3 Å². The van der Waals surface area contributed by atoms with E-state index in [1.54, 1.807) is 24.3 Å². The van der Waals surface area contributed by atoms with Crippen LogP contribution in [0.5, 0.6) is 0 Å². The Labute approximate surface area is 119 Å². The highest BCUT2D eigenvalue weighted by atomic mass is 16.3. The summed E-state index contributed by atoms with van der Waals surface area (Å²) in [5.74, 6) is 0.467. The Morgan fingerprint density at radius 3 is 2.55 bits per heavy atom. The fourth-order valence-corrected chi connectivity index (χ4v) is 2.44. The van der Waals surface area contributed by atoms with Crippen molar-refractivity contribution in [3.63, 3.8) is 0 Å². The van der Waals surface area contributed by atoms with Gasteiger partial charge in [0, 0.05) is 30.9 Å². The Morgan fingerprint density at radius 2 is 1.95 bits per heavy atom. The molecule has 0 atom stereocenters. The first kappa shape index (κ1) is 14.8. The maximum Gasteiger partial charge on any atom is 0.225 e. The number of nitrogen functional groups attached to an aromatic ring is 1. The number of piperidine rings is 1. The van der Waals surface area contributed by atoms with Gasteiger partial charge in [0.05, 0.1) is 0 Å². The van der Waals surface area contributed by atoms with E-state index in [1.807, 2.05) is 0 Å². The van der Waals surface area contributed by atoms with Gasteiger partial charge in [-0.25, -0.2) is 0 Å². The fourth-order valence-electron chi connectivity index (χ4n) is 2.44. The largest absolute Gasteiger partial charge is 0.399 e. The molecule has 20 heavy (non-hydrogen) atoms. The first-order valence-electron chi connectivity index (χ1n) is 7.16. The summed E-state index contributed by atoms with van der Waals surface area (Å²) in [6.45, 7) is 3.01. The summed E-state index contributed by atoms with van der Waals surface area (Å²) < 4.78 is 0. The van der Waals surface area contributed by atoms with Gasteiger partial charge in [0.2, 0.25) is 5.91 Å². The minimum atomic E-state index is 0.0269. The lowest BCUT2D eigenvalue weighted by Gasteiger charge is -2.30. The normalized spacial score (nSPS) is 17.1. The molecule has 110 valence electrons. The first-order valence-corrected chi connectivity index (χ1v) is 7.16. The van der Waals surface area contributed by atoms with Gasteiger partial charge in [-0.15, -0.1) is 0 Å². The number of carbonyl (C=O) groups is 1. The molecule has 0 saturated carbocycles. The van der Waals surface area contributed by atoms with E-state index in [0.717, 1.165) is 38.2 Å². The molecule has 1 heterocycles. The molecule has 1 saturated heterocycles. The van der Waals surface area contributed by atoms with Gasteiger partial charge < -0.3 is 21.1 Å². The van der Waals surface area contributed by atoms with Crippen LogP contribution in [-0.2, 0) is 4.79 Å². The standard InChI is InChI=1S/C15H23N3O2/c16-13-1-3-14(4-2-13)17-15(20)7-10-18-8-5-12(11-19)6-9-18/h1-4,12,19H,5-11,16H2,(H,17,20). The molecule has 0 aromatic heterocycles. The molecule has 0 bridgehead atoms. The second kappa shape index (κ2) is 7.26. The van der Waals surface area contributed by atoms with Crippen LogP contribution in [0.2, 0.25) is 0 Å². The van der Waals surface area contributed by atoms with E-state index < -0.39 is 0 Å². The van der Waals surface area contributed by atoms with Crippen LogP contribution in [-0.4, -0.2) is 42.2 Å². The van der Waals surface area contributed by atoms with Gasteiger partial charge in [-0.05, 0) is 56.1 Å². The van der Waals surface area contributed by atoms with Crippen LogP contribution in [0.15, 0.2) is 24.3 Å². The van der Waals surface area contributed by atoms with Crippen molar-refractivity contribution in [3.8, 4) is 0 Å². The van der Waals surface area contributed by atoms with E-state index in [-0.39, 0.29) is 12.5 Å². The second-order valence-electron chi connectivity index (χ2n) is 5.39. The SMILES string of the molecule is Nc1ccc(NC(=O)CCN2CCC(CO)CC2)cc1. The summed E-state index contributed by atoms with van der Waals surface area (Å²) in [7, 11) is 0. The van der Waals surface area contributed by atoms with Gasteiger partial charge in [0.15, 0.2) is 0 Å². The zero-order valence-electron chi connectivity index (χ0n) is 11.7. The molecule has 0 spiro atoms. The number of likely N-dealkylation sites (tertiary alicyclic amines) is 1. The Balaban J connectivity index is 1.69. The van der Waals surface area contributed by atoms with Crippen molar-refractivity contribution in [2.24, 2.45) is 5.92 Å². The van der Waals surface area contributed by atoms with Crippen molar-refractivity contribution in [2.45, 2.75) is 19.3 Å².